The molecule has 5 unspecified atom stereocenters. The number of aliphatic hydroxyl groups excluding tert-OH is 4. The highest BCUT2D eigenvalue weighted by Gasteiger charge is 2.45. The van der Waals surface area contributed by atoms with Crippen LogP contribution in [0.15, 0.2) is 18.2 Å². The van der Waals surface area contributed by atoms with E-state index in [4.69, 9.17) is 9.84 Å². The number of rotatable bonds is 4. The van der Waals surface area contributed by atoms with E-state index in [1.165, 1.54) is 0 Å². The zero-order valence-corrected chi connectivity index (χ0v) is 11.5. The first-order valence-electron chi connectivity index (χ1n) is 6.58. The van der Waals surface area contributed by atoms with Gasteiger partial charge in [-0.15, -0.1) is 0 Å². The first-order chi connectivity index (χ1) is 9.43. The number of ether oxygens (including phenoxy) is 1. The zero-order chi connectivity index (χ0) is 14.9. The van der Waals surface area contributed by atoms with Crippen LogP contribution in [0.5, 0.6) is 0 Å². The predicted molar refractivity (Wildman–Crippen MR) is 73.3 cm³/mol. The lowest BCUT2D eigenvalue weighted by atomic mass is 10.1. The van der Waals surface area contributed by atoms with Gasteiger partial charge >= 0.3 is 0 Å². The third-order valence-corrected chi connectivity index (χ3v) is 3.68. The molecule has 2 rings (SSSR count). The molecule has 1 heterocycles. The fourth-order valence-electron chi connectivity index (χ4n) is 2.24. The van der Waals surface area contributed by atoms with E-state index in [1.54, 1.807) is 0 Å². The van der Waals surface area contributed by atoms with Gasteiger partial charge in [0.1, 0.15) is 24.4 Å². The minimum Gasteiger partial charge on any atom is -0.394 e. The standard InChI is InChI=1S/C14H21NO5/c1-7-3-4-9(5-8(7)2)15-14-12(19)11(18)13(20-14)10(17)6-16/h3-5,10-19H,6H2,1-2H3. The third kappa shape index (κ3) is 2.94. The average molecular weight is 283 g/mol. The second-order valence-electron chi connectivity index (χ2n) is 5.20. The molecule has 6 nitrogen and oxygen atoms in total. The van der Waals surface area contributed by atoms with Crippen LogP contribution in [0, 0.1) is 13.8 Å². The summed E-state index contributed by atoms with van der Waals surface area (Å²) >= 11 is 0. The van der Waals surface area contributed by atoms with Gasteiger partial charge in [0.15, 0.2) is 6.23 Å². The van der Waals surface area contributed by atoms with Gasteiger partial charge in [-0.25, -0.2) is 0 Å². The van der Waals surface area contributed by atoms with Crippen LogP contribution in [0.3, 0.4) is 0 Å². The summed E-state index contributed by atoms with van der Waals surface area (Å²) in [7, 11) is 0. The molecule has 20 heavy (non-hydrogen) atoms. The molecule has 0 spiro atoms. The molecule has 0 amide bonds. The van der Waals surface area contributed by atoms with E-state index in [1.807, 2.05) is 32.0 Å². The molecular formula is C14H21NO5. The molecule has 1 aliphatic rings. The summed E-state index contributed by atoms with van der Waals surface area (Å²) in [6, 6.07) is 5.70. The van der Waals surface area contributed by atoms with Crippen molar-refractivity contribution in [1.29, 1.82) is 0 Å². The molecule has 0 saturated carbocycles. The van der Waals surface area contributed by atoms with Gasteiger partial charge in [0.05, 0.1) is 6.61 Å². The SMILES string of the molecule is Cc1ccc(NC2OC(C(O)CO)C(O)C2O)cc1C. The summed E-state index contributed by atoms with van der Waals surface area (Å²) in [5.41, 5.74) is 3.00. The minimum atomic E-state index is -1.25. The monoisotopic (exact) mass is 283 g/mol. The van der Waals surface area contributed by atoms with Crippen LogP contribution in [-0.4, -0.2) is 57.7 Å². The number of nitrogens with one attached hydrogen (secondary N) is 1. The maximum atomic E-state index is 9.93. The van der Waals surface area contributed by atoms with Gasteiger partial charge in [-0.3, -0.25) is 0 Å². The van der Waals surface area contributed by atoms with Crippen molar-refractivity contribution in [1.82, 2.24) is 0 Å². The fraction of sp³-hybridized carbons (Fsp3) is 0.571. The summed E-state index contributed by atoms with van der Waals surface area (Å²) in [5.74, 6) is 0. The van der Waals surface area contributed by atoms with E-state index in [0.29, 0.717) is 0 Å². The van der Waals surface area contributed by atoms with Crippen molar-refractivity contribution in [2.45, 2.75) is 44.5 Å². The highest BCUT2D eigenvalue weighted by Crippen LogP contribution is 2.26. The second-order valence-corrected chi connectivity index (χ2v) is 5.20. The first-order valence-corrected chi connectivity index (χ1v) is 6.58. The van der Waals surface area contributed by atoms with Gasteiger partial charge in [0.25, 0.3) is 0 Å². The molecule has 0 aromatic heterocycles. The number of benzene rings is 1. The van der Waals surface area contributed by atoms with Crippen LogP contribution in [0.1, 0.15) is 11.1 Å². The summed E-state index contributed by atoms with van der Waals surface area (Å²) in [6.45, 7) is 3.43. The molecule has 1 aromatic rings. The topological polar surface area (TPSA) is 102 Å². The summed E-state index contributed by atoms with van der Waals surface area (Å²) in [5, 5.41) is 41.2. The Balaban J connectivity index is 2.08. The number of aliphatic hydroxyl groups is 4. The Morgan fingerprint density at radius 3 is 2.50 bits per heavy atom. The Morgan fingerprint density at radius 1 is 1.20 bits per heavy atom. The van der Waals surface area contributed by atoms with E-state index in [-0.39, 0.29) is 0 Å². The molecule has 1 saturated heterocycles. The molecular weight excluding hydrogens is 262 g/mol. The number of aryl methyl sites for hydroxylation is 2. The lowest BCUT2D eigenvalue weighted by molar-refractivity contribution is -0.0774. The predicted octanol–water partition coefficient (Wildman–Crippen LogP) is -0.485. The zero-order valence-electron chi connectivity index (χ0n) is 11.5. The Hall–Kier alpha value is -1.18. The molecule has 5 atom stereocenters. The van der Waals surface area contributed by atoms with Crippen molar-refractivity contribution < 1.29 is 25.2 Å². The van der Waals surface area contributed by atoms with Crippen LogP contribution >= 0.6 is 0 Å². The van der Waals surface area contributed by atoms with E-state index in [0.717, 1.165) is 16.8 Å². The number of anilines is 1. The minimum absolute atomic E-state index is 0.537. The third-order valence-electron chi connectivity index (χ3n) is 3.68. The smallest absolute Gasteiger partial charge is 0.157 e. The molecule has 0 bridgehead atoms. The molecule has 112 valence electrons. The van der Waals surface area contributed by atoms with Crippen molar-refractivity contribution in [2.24, 2.45) is 0 Å². The Bertz CT molecular complexity index is 467. The Kier molecular flexibility index (Phi) is 4.62. The summed E-state index contributed by atoms with van der Waals surface area (Å²) < 4.78 is 5.39. The van der Waals surface area contributed by atoms with E-state index in [2.05, 4.69) is 5.32 Å². The van der Waals surface area contributed by atoms with E-state index >= 15 is 0 Å². The van der Waals surface area contributed by atoms with Crippen LogP contribution in [0.2, 0.25) is 0 Å². The lowest BCUT2D eigenvalue weighted by Gasteiger charge is -2.19. The quantitative estimate of drug-likeness (QED) is 0.511. The normalized spacial score (nSPS) is 31.3. The maximum absolute atomic E-state index is 9.93. The van der Waals surface area contributed by atoms with Crippen LogP contribution < -0.4 is 5.32 Å². The van der Waals surface area contributed by atoms with Crippen molar-refractivity contribution in [3.63, 3.8) is 0 Å². The summed E-state index contributed by atoms with van der Waals surface area (Å²) in [4.78, 5) is 0. The number of hydrogen-bond donors (Lipinski definition) is 5. The molecule has 0 radical (unpaired) electrons. The van der Waals surface area contributed by atoms with Gasteiger partial charge in [-0.05, 0) is 37.1 Å². The van der Waals surface area contributed by atoms with Gasteiger partial charge < -0.3 is 30.5 Å². The number of hydrogen-bond acceptors (Lipinski definition) is 6. The Morgan fingerprint density at radius 2 is 1.90 bits per heavy atom. The second kappa shape index (κ2) is 6.07. The van der Waals surface area contributed by atoms with Crippen LogP contribution in [-0.2, 0) is 4.74 Å². The van der Waals surface area contributed by atoms with E-state index in [9.17, 15) is 15.3 Å². The maximum Gasteiger partial charge on any atom is 0.157 e. The van der Waals surface area contributed by atoms with Crippen LogP contribution in [0.4, 0.5) is 5.69 Å². The molecule has 5 N–H and O–H groups in total. The lowest BCUT2D eigenvalue weighted by Crippen LogP contribution is -2.40. The molecule has 1 fully saturated rings. The molecule has 1 aromatic carbocycles. The van der Waals surface area contributed by atoms with Gasteiger partial charge in [-0.1, -0.05) is 6.07 Å². The molecule has 6 heteroatoms. The first kappa shape index (κ1) is 15.2. The Labute approximate surface area is 117 Å². The van der Waals surface area contributed by atoms with Crippen LogP contribution in [0.25, 0.3) is 0 Å². The van der Waals surface area contributed by atoms with Crippen molar-refractivity contribution in [3.8, 4) is 0 Å². The fourth-order valence-corrected chi connectivity index (χ4v) is 2.24. The van der Waals surface area contributed by atoms with Crippen molar-refractivity contribution in [2.75, 3.05) is 11.9 Å². The van der Waals surface area contributed by atoms with Crippen molar-refractivity contribution >= 4 is 5.69 Å². The highest BCUT2D eigenvalue weighted by molar-refractivity contribution is 5.48. The molecule has 1 aliphatic heterocycles. The molecule has 0 aliphatic carbocycles. The largest absolute Gasteiger partial charge is 0.394 e. The van der Waals surface area contributed by atoms with Gasteiger partial charge in [0, 0.05) is 5.69 Å². The average Bonchev–Trinajstić information content (AvgIpc) is 2.70. The summed E-state index contributed by atoms with van der Waals surface area (Å²) in [6.07, 6.45) is -5.51. The van der Waals surface area contributed by atoms with Gasteiger partial charge in [-0.2, -0.15) is 0 Å². The highest BCUT2D eigenvalue weighted by atomic mass is 16.6. The van der Waals surface area contributed by atoms with E-state index < -0.39 is 37.3 Å². The van der Waals surface area contributed by atoms with Crippen molar-refractivity contribution in [3.05, 3.63) is 29.3 Å². The van der Waals surface area contributed by atoms with Gasteiger partial charge in [0.2, 0.25) is 0 Å².